The van der Waals surface area contributed by atoms with E-state index in [0.717, 1.165) is 23.1 Å². The third-order valence-corrected chi connectivity index (χ3v) is 3.71. The molecule has 0 aliphatic heterocycles. The van der Waals surface area contributed by atoms with Crippen molar-refractivity contribution in [3.05, 3.63) is 30.1 Å². The molecule has 6 heteroatoms. The largest absolute Gasteiger partial charge is 0.331 e. The van der Waals surface area contributed by atoms with E-state index < -0.39 is 9.84 Å². The molecule has 18 heavy (non-hydrogen) atoms. The van der Waals surface area contributed by atoms with Crippen molar-refractivity contribution in [1.82, 2.24) is 14.9 Å². The van der Waals surface area contributed by atoms with Gasteiger partial charge in [-0.05, 0) is 24.7 Å². The Kier molecular flexibility index (Phi) is 3.68. The van der Waals surface area contributed by atoms with Crippen LogP contribution in [0.5, 0.6) is 0 Å². The lowest BCUT2D eigenvalue weighted by molar-refractivity contribution is 0.595. The number of aromatic nitrogens is 2. The zero-order valence-corrected chi connectivity index (χ0v) is 11.4. The number of hydrogen-bond acceptors (Lipinski definition) is 4. The van der Waals surface area contributed by atoms with E-state index in [0.29, 0.717) is 6.54 Å². The fourth-order valence-electron chi connectivity index (χ4n) is 1.96. The topological polar surface area (TPSA) is 64.0 Å². The van der Waals surface area contributed by atoms with Gasteiger partial charge >= 0.3 is 0 Å². The van der Waals surface area contributed by atoms with Crippen LogP contribution < -0.4 is 5.32 Å². The maximum absolute atomic E-state index is 11.2. The zero-order chi connectivity index (χ0) is 13.2. The summed E-state index contributed by atoms with van der Waals surface area (Å²) < 4.78 is 24.4. The molecule has 0 atom stereocenters. The maximum Gasteiger partial charge on any atom is 0.149 e. The fraction of sp³-hybridized carbons (Fsp3) is 0.417. The van der Waals surface area contributed by atoms with E-state index >= 15 is 0 Å². The van der Waals surface area contributed by atoms with E-state index in [-0.39, 0.29) is 5.75 Å². The quantitative estimate of drug-likeness (QED) is 0.870. The Bertz CT molecular complexity index is 646. The van der Waals surface area contributed by atoms with Gasteiger partial charge in [0.1, 0.15) is 15.5 Å². The summed E-state index contributed by atoms with van der Waals surface area (Å²) >= 11 is 0. The van der Waals surface area contributed by atoms with Gasteiger partial charge in [-0.25, -0.2) is 13.4 Å². The van der Waals surface area contributed by atoms with E-state index in [1.165, 1.54) is 6.26 Å². The highest BCUT2D eigenvalue weighted by Crippen LogP contribution is 2.19. The molecule has 0 aliphatic rings. The summed E-state index contributed by atoms with van der Waals surface area (Å²) in [5.41, 5.74) is 1.97. The molecule has 0 radical (unpaired) electrons. The minimum Gasteiger partial charge on any atom is -0.331 e. The summed E-state index contributed by atoms with van der Waals surface area (Å²) in [5.74, 6) is 0.131. The number of nitrogens with one attached hydrogen (secondary N) is 1. The normalized spacial score (nSPS) is 12.1. The highest BCUT2D eigenvalue weighted by Gasteiger charge is 2.10. The Morgan fingerprint density at radius 2 is 2.22 bits per heavy atom. The fourth-order valence-corrected chi connectivity index (χ4v) is 2.49. The smallest absolute Gasteiger partial charge is 0.149 e. The SMILES string of the molecule is CNCc1cn(CCS(C)(=O)=O)c2ncccc12. The molecule has 0 bridgehead atoms. The molecule has 0 fully saturated rings. The highest BCUT2D eigenvalue weighted by molar-refractivity contribution is 7.90. The Morgan fingerprint density at radius 3 is 2.89 bits per heavy atom. The number of rotatable bonds is 5. The van der Waals surface area contributed by atoms with Gasteiger partial charge in [0.2, 0.25) is 0 Å². The molecule has 0 aliphatic carbocycles. The molecule has 2 aromatic heterocycles. The lowest BCUT2D eigenvalue weighted by Crippen LogP contribution is -2.11. The van der Waals surface area contributed by atoms with Gasteiger partial charge in [-0.15, -0.1) is 0 Å². The van der Waals surface area contributed by atoms with E-state index in [1.54, 1.807) is 6.20 Å². The third kappa shape index (κ3) is 2.88. The summed E-state index contributed by atoms with van der Waals surface area (Å²) in [4.78, 5) is 4.33. The van der Waals surface area contributed by atoms with Gasteiger partial charge in [0.25, 0.3) is 0 Å². The Labute approximate surface area is 107 Å². The second-order valence-electron chi connectivity index (χ2n) is 4.38. The molecule has 0 saturated carbocycles. The van der Waals surface area contributed by atoms with E-state index in [2.05, 4.69) is 10.3 Å². The van der Waals surface area contributed by atoms with Gasteiger partial charge < -0.3 is 9.88 Å². The minimum atomic E-state index is -2.96. The van der Waals surface area contributed by atoms with Crippen molar-refractivity contribution in [2.45, 2.75) is 13.1 Å². The monoisotopic (exact) mass is 267 g/mol. The maximum atomic E-state index is 11.2. The van der Waals surface area contributed by atoms with Gasteiger partial charge in [0.15, 0.2) is 0 Å². The number of nitrogens with zero attached hydrogens (tertiary/aromatic N) is 2. The van der Waals surface area contributed by atoms with Crippen LogP contribution >= 0.6 is 0 Å². The van der Waals surface area contributed by atoms with Crippen LogP contribution in [0.1, 0.15) is 5.56 Å². The molecule has 98 valence electrons. The molecule has 0 saturated heterocycles. The predicted molar refractivity (Wildman–Crippen MR) is 72.2 cm³/mol. The second-order valence-corrected chi connectivity index (χ2v) is 6.64. The molecule has 2 aromatic rings. The molecule has 0 aromatic carbocycles. The Morgan fingerprint density at radius 1 is 1.44 bits per heavy atom. The Hall–Kier alpha value is -1.40. The van der Waals surface area contributed by atoms with Crippen molar-refractivity contribution < 1.29 is 8.42 Å². The number of fused-ring (bicyclic) bond motifs is 1. The lowest BCUT2D eigenvalue weighted by atomic mass is 10.2. The number of hydrogen-bond donors (Lipinski definition) is 1. The van der Waals surface area contributed by atoms with Gasteiger partial charge in [0.05, 0.1) is 5.75 Å². The highest BCUT2D eigenvalue weighted by atomic mass is 32.2. The van der Waals surface area contributed by atoms with Crippen molar-refractivity contribution in [3.63, 3.8) is 0 Å². The molecule has 0 amide bonds. The summed E-state index contributed by atoms with van der Waals surface area (Å²) in [6, 6.07) is 3.90. The first kappa shape index (κ1) is 13.0. The molecule has 5 nitrogen and oxygen atoms in total. The van der Waals surface area contributed by atoms with Gasteiger partial charge in [-0.1, -0.05) is 0 Å². The first-order valence-corrected chi connectivity index (χ1v) is 7.82. The molecule has 0 spiro atoms. The van der Waals surface area contributed by atoms with Crippen LogP contribution in [0.2, 0.25) is 0 Å². The zero-order valence-electron chi connectivity index (χ0n) is 10.5. The third-order valence-electron chi connectivity index (χ3n) is 2.79. The summed E-state index contributed by atoms with van der Waals surface area (Å²) in [6.45, 7) is 1.18. The standard InChI is InChI=1S/C12H17N3O2S/c1-13-8-10-9-15(6-7-18(2,16)17)12-11(10)4-3-5-14-12/h3-5,9,13H,6-8H2,1-2H3. The van der Waals surface area contributed by atoms with Crippen LogP contribution in [-0.4, -0.2) is 37.0 Å². The van der Waals surface area contributed by atoms with Crippen LogP contribution in [0.3, 0.4) is 0 Å². The molecule has 1 N–H and O–H groups in total. The first-order valence-electron chi connectivity index (χ1n) is 5.76. The Balaban J connectivity index is 2.38. The number of sulfone groups is 1. The van der Waals surface area contributed by atoms with Crippen LogP contribution in [0.15, 0.2) is 24.5 Å². The van der Waals surface area contributed by atoms with E-state index in [9.17, 15) is 8.42 Å². The summed E-state index contributed by atoms with van der Waals surface area (Å²) in [7, 11) is -1.07. The first-order chi connectivity index (χ1) is 8.51. The number of pyridine rings is 1. The van der Waals surface area contributed by atoms with Crippen molar-refractivity contribution >= 4 is 20.9 Å². The molecular weight excluding hydrogens is 250 g/mol. The molecule has 2 rings (SSSR count). The van der Waals surface area contributed by atoms with E-state index in [4.69, 9.17) is 0 Å². The average Bonchev–Trinajstić information content (AvgIpc) is 2.65. The van der Waals surface area contributed by atoms with Crippen molar-refractivity contribution in [2.75, 3.05) is 19.1 Å². The van der Waals surface area contributed by atoms with Crippen LogP contribution in [0.25, 0.3) is 11.0 Å². The summed E-state index contributed by atoms with van der Waals surface area (Å²) in [6.07, 6.45) is 4.95. The predicted octanol–water partition coefficient (Wildman–Crippen LogP) is 0.800. The van der Waals surface area contributed by atoms with Crippen molar-refractivity contribution in [1.29, 1.82) is 0 Å². The van der Waals surface area contributed by atoms with Gasteiger partial charge in [-0.2, -0.15) is 0 Å². The van der Waals surface area contributed by atoms with Crippen LogP contribution in [-0.2, 0) is 22.9 Å². The molecular formula is C12H17N3O2S. The minimum absolute atomic E-state index is 0.131. The van der Waals surface area contributed by atoms with Crippen molar-refractivity contribution in [2.24, 2.45) is 0 Å². The average molecular weight is 267 g/mol. The molecule has 2 heterocycles. The van der Waals surface area contributed by atoms with Crippen LogP contribution in [0.4, 0.5) is 0 Å². The number of aryl methyl sites for hydroxylation is 1. The van der Waals surface area contributed by atoms with Gasteiger partial charge in [0, 0.05) is 37.1 Å². The lowest BCUT2D eigenvalue weighted by Gasteiger charge is -2.02. The van der Waals surface area contributed by atoms with Gasteiger partial charge in [-0.3, -0.25) is 0 Å². The summed E-state index contributed by atoms with van der Waals surface area (Å²) in [5, 5.41) is 4.17. The van der Waals surface area contributed by atoms with E-state index in [1.807, 2.05) is 29.9 Å². The molecule has 0 unspecified atom stereocenters. The van der Waals surface area contributed by atoms with Crippen molar-refractivity contribution in [3.8, 4) is 0 Å². The second kappa shape index (κ2) is 5.07. The van der Waals surface area contributed by atoms with Crippen LogP contribution in [0, 0.1) is 0 Å².